The molecule has 0 heterocycles. The Bertz CT molecular complexity index is 547. The van der Waals surface area contributed by atoms with Gasteiger partial charge in [-0.2, -0.15) is 0 Å². The second-order valence-electron chi connectivity index (χ2n) is 4.57. The molecule has 108 valence electrons. The predicted molar refractivity (Wildman–Crippen MR) is 74.5 cm³/mol. The highest BCUT2D eigenvalue weighted by molar-refractivity contribution is 6.36. The van der Waals surface area contributed by atoms with E-state index in [2.05, 4.69) is 10.6 Å². The molecule has 2 N–H and O–H groups in total. The van der Waals surface area contributed by atoms with Crippen molar-refractivity contribution in [3.8, 4) is 0 Å². The Morgan fingerprint density at radius 2 is 1.80 bits per heavy atom. The van der Waals surface area contributed by atoms with Gasteiger partial charge in [-0.05, 0) is 25.0 Å². The first-order valence-corrected chi connectivity index (χ1v) is 6.95. The van der Waals surface area contributed by atoms with E-state index in [1.54, 1.807) is 0 Å². The van der Waals surface area contributed by atoms with E-state index in [1.165, 1.54) is 6.07 Å². The maximum atomic E-state index is 13.3. The second kappa shape index (κ2) is 6.41. The van der Waals surface area contributed by atoms with Crippen molar-refractivity contribution in [2.45, 2.75) is 12.8 Å². The summed E-state index contributed by atoms with van der Waals surface area (Å²) in [6, 6.07) is 2.17. The van der Waals surface area contributed by atoms with Gasteiger partial charge in [0.2, 0.25) is 5.91 Å². The van der Waals surface area contributed by atoms with Gasteiger partial charge in [0.05, 0.1) is 15.6 Å². The molecule has 1 aromatic rings. The van der Waals surface area contributed by atoms with Crippen molar-refractivity contribution >= 4 is 35.0 Å². The molecule has 7 heteroatoms. The third-order valence-electron chi connectivity index (χ3n) is 2.91. The minimum absolute atomic E-state index is 0.00909. The third-order valence-corrected chi connectivity index (χ3v) is 3.51. The van der Waals surface area contributed by atoms with E-state index >= 15 is 0 Å². The van der Waals surface area contributed by atoms with Gasteiger partial charge in [0.15, 0.2) is 0 Å². The van der Waals surface area contributed by atoms with Crippen molar-refractivity contribution in [2.24, 2.45) is 5.92 Å². The van der Waals surface area contributed by atoms with Crippen molar-refractivity contribution in [1.82, 2.24) is 10.6 Å². The number of nitrogens with one attached hydrogen (secondary N) is 2. The fourth-order valence-corrected chi connectivity index (χ4v) is 2.11. The summed E-state index contributed by atoms with van der Waals surface area (Å²) in [5.74, 6) is -1.07. The van der Waals surface area contributed by atoms with E-state index in [4.69, 9.17) is 23.2 Å². The fraction of sp³-hybridized carbons (Fsp3) is 0.385. The molecule has 2 rings (SSSR count). The van der Waals surface area contributed by atoms with Crippen LogP contribution in [0.3, 0.4) is 0 Å². The zero-order valence-corrected chi connectivity index (χ0v) is 12.0. The first-order valence-electron chi connectivity index (χ1n) is 6.19. The number of benzene rings is 1. The molecule has 0 aliphatic heterocycles. The van der Waals surface area contributed by atoms with E-state index in [0.29, 0.717) is 6.54 Å². The van der Waals surface area contributed by atoms with Crippen LogP contribution in [0.2, 0.25) is 10.0 Å². The molecule has 1 saturated carbocycles. The van der Waals surface area contributed by atoms with Gasteiger partial charge in [-0.3, -0.25) is 9.59 Å². The van der Waals surface area contributed by atoms with Crippen molar-refractivity contribution < 1.29 is 14.0 Å². The maximum absolute atomic E-state index is 13.3. The van der Waals surface area contributed by atoms with Crippen LogP contribution < -0.4 is 10.6 Å². The molecule has 1 aliphatic carbocycles. The Hall–Kier alpha value is -1.33. The molecule has 1 aromatic carbocycles. The lowest BCUT2D eigenvalue weighted by Gasteiger charge is -2.08. The Balaban J connectivity index is 1.82. The Labute approximate surface area is 125 Å². The topological polar surface area (TPSA) is 58.2 Å². The highest BCUT2D eigenvalue weighted by Crippen LogP contribution is 2.28. The molecule has 0 spiro atoms. The van der Waals surface area contributed by atoms with Crippen molar-refractivity contribution in [1.29, 1.82) is 0 Å². The van der Waals surface area contributed by atoms with Crippen LogP contribution in [0.1, 0.15) is 23.2 Å². The first-order chi connectivity index (χ1) is 9.49. The first kappa shape index (κ1) is 15.1. The largest absolute Gasteiger partial charge is 0.354 e. The molecule has 0 bridgehead atoms. The van der Waals surface area contributed by atoms with E-state index in [-0.39, 0.29) is 34.0 Å². The normalized spacial score (nSPS) is 13.9. The summed E-state index contributed by atoms with van der Waals surface area (Å²) < 4.78 is 13.3. The predicted octanol–water partition coefficient (Wildman–Crippen LogP) is 2.39. The molecule has 0 atom stereocenters. The number of carbonyl (C=O) groups is 2. The van der Waals surface area contributed by atoms with E-state index < -0.39 is 11.7 Å². The van der Waals surface area contributed by atoms with Crippen LogP contribution in [0, 0.1) is 11.7 Å². The van der Waals surface area contributed by atoms with E-state index in [1.807, 2.05) is 0 Å². The number of amides is 2. The van der Waals surface area contributed by atoms with E-state index in [9.17, 15) is 14.0 Å². The van der Waals surface area contributed by atoms with Crippen LogP contribution in [0.15, 0.2) is 12.1 Å². The number of carbonyl (C=O) groups excluding carboxylic acids is 2. The molecule has 2 amide bonds. The van der Waals surface area contributed by atoms with Gasteiger partial charge in [-0.15, -0.1) is 0 Å². The zero-order chi connectivity index (χ0) is 14.7. The average Bonchev–Trinajstić information content (AvgIpc) is 3.22. The van der Waals surface area contributed by atoms with Gasteiger partial charge in [0.25, 0.3) is 5.91 Å². The van der Waals surface area contributed by atoms with Crippen molar-refractivity contribution in [3.05, 3.63) is 33.6 Å². The lowest BCUT2D eigenvalue weighted by atomic mass is 10.2. The SMILES string of the molecule is O=C(NCCNC(=O)C1CC1)c1cc(F)c(Cl)cc1Cl. The minimum atomic E-state index is -0.705. The fourth-order valence-electron chi connectivity index (χ4n) is 1.64. The number of hydrogen-bond acceptors (Lipinski definition) is 2. The molecule has 1 fully saturated rings. The molecule has 0 aromatic heterocycles. The van der Waals surface area contributed by atoms with Gasteiger partial charge in [-0.1, -0.05) is 23.2 Å². The zero-order valence-electron chi connectivity index (χ0n) is 10.5. The summed E-state index contributed by atoms with van der Waals surface area (Å²) >= 11 is 11.4. The van der Waals surface area contributed by atoms with Gasteiger partial charge in [0, 0.05) is 19.0 Å². The lowest BCUT2D eigenvalue weighted by Crippen LogP contribution is -2.35. The van der Waals surface area contributed by atoms with E-state index in [0.717, 1.165) is 18.9 Å². The molecule has 0 saturated heterocycles. The second-order valence-corrected chi connectivity index (χ2v) is 5.38. The molecular weight excluding hydrogens is 306 g/mol. The number of halogens is 3. The van der Waals surface area contributed by atoms with Crippen LogP contribution in [0.4, 0.5) is 4.39 Å². The average molecular weight is 319 g/mol. The Kier molecular flexibility index (Phi) is 4.83. The molecule has 4 nitrogen and oxygen atoms in total. The van der Waals surface area contributed by atoms with Crippen molar-refractivity contribution in [2.75, 3.05) is 13.1 Å². The van der Waals surface area contributed by atoms with Crippen LogP contribution in [-0.2, 0) is 4.79 Å². The summed E-state index contributed by atoms with van der Waals surface area (Å²) in [4.78, 5) is 23.1. The Morgan fingerprint density at radius 3 is 2.45 bits per heavy atom. The molecule has 0 unspecified atom stereocenters. The van der Waals surface area contributed by atoms with Crippen LogP contribution in [0.5, 0.6) is 0 Å². The van der Waals surface area contributed by atoms with Gasteiger partial charge >= 0.3 is 0 Å². The lowest BCUT2D eigenvalue weighted by molar-refractivity contribution is -0.122. The highest BCUT2D eigenvalue weighted by atomic mass is 35.5. The van der Waals surface area contributed by atoms with Crippen LogP contribution in [-0.4, -0.2) is 24.9 Å². The van der Waals surface area contributed by atoms with Gasteiger partial charge < -0.3 is 10.6 Å². The number of rotatable bonds is 5. The van der Waals surface area contributed by atoms with Crippen molar-refractivity contribution in [3.63, 3.8) is 0 Å². The van der Waals surface area contributed by atoms with Crippen LogP contribution >= 0.6 is 23.2 Å². The van der Waals surface area contributed by atoms with Gasteiger partial charge in [0.1, 0.15) is 5.82 Å². The summed E-state index contributed by atoms with van der Waals surface area (Å²) in [5, 5.41) is 5.20. The van der Waals surface area contributed by atoms with Crippen LogP contribution in [0.25, 0.3) is 0 Å². The summed E-state index contributed by atoms with van der Waals surface area (Å²) in [7, 11) is 0. The summed E-state index contributed by atoms with van der Waals surface area (Å²) in [5.41, 5.74) is 0.0158. The standard InChI is InChI=1S/C13H13Cl2FN2O2/c14-9-6-10(15)11(16)5-8(9)13(20)18-4-3-17-12(19)7-1-2-7/h5-7H,1-4H2,(H,17,19)(H,18,20). The molecular formula is C13H13Cl2FN2O2. The Morgan fingerprint density at radius 1 is 1.15 bits per heavy atom. The smallest absolute Gasteiger partial charge is 0.252 e. The summed E-state index contributed by atoms with van der Waals surface area (Å²) in [6.45, 7) is 0.576. The minimum Gasteiger partial charge on any atom is -0.354 e. The molecule has 0 radical (unpaired) electrons. The quantitative estimate of drug-likeness (QED) is 0.647. The maximum Gasteiger partial charge on any atom is 0.252 e. The monoisotopic (exact) mass is 318 g/mol. The van der Waals surface area contributed by atoms with Gasteiger partial charge in [-0.25, -0.2) is 4.39 Å². The summed E-state index contributed by atoms with van der Waals surface area (Å²) in [6.07, 6.45) is 1.86. The third kappa shape index (κ3) is 3.84. The molecule has 1 aliphatic rings. The number of hydrogen-bond donors (Lipinski definition) is 2. The highest BCUT2D eigenvalue weighted by Gasteiger charge is 2.29. The molecule has 20 heavy (non-hydrogen) atoms.